The lowest BCUT2D eigenvalue weighted by molar-refractivity contribution is -0.116. The lowest BCUT2D eigenvalue weighted by Crippen LogP contribution is -2.05. The maximum absolute atomic E-state index is 13.0. The second-order valence-corrected chi connectivity index (χ2v) is 5.58. The molecule has 0 bridgehead atoms. The summed E-state index contributed by atoms with van der Waals surface area (Å²) in [6, 6.07) is 13.5. The van der Waals surface area contributed by atoms with Crippen molar-refractivity contribution in [3.8, 4) is 0 Å². The minimum absolute atomic E-state index is 0.0653. The van der Waals surface area contributed by atoms with Gasteiger partial charge in [-0.25, -0.2) is 4.39 Å². The monoisotopic (exact) mass is 294 g/mol. The minimum atomic E-state index is -0.312. The summed E-state index contributed by atoms with van der Waals surface area (Å²) in [6.07, 6.45) is 0.255. The Morgan fingerprint density at radius 3 is 2.68 bits per heavy atom. The first-order valence-corrected chi connectivity index (χ1v) is 7.14. The second-order valence-electron chi connectivity index (χ2n) is 4.09. The summed E-state index contributed by atoms with van der Waals surface area (Å²) in [7, 11) is 0. The van der Waals surface area contributed by atoms with Crippen LogP contribution >= 0.6 is 23.4 Å². The number of thioether (sulfide) groups is 1. The standard InChI is InChI=1S/C15H12ClFOS/c16-12-4-2-6-15(9-12)19-10-14(18)8-11-3-1-5-13(17)7-11/h1-7,9H,8,10H2. The van der Waals surface area contributed by atoms with Crippen LogP contribution in [0.15, 0.2) is 53.4 Å². The van der Waals surface area contributed by atoms with Crippen LogP contribution in [0.4, 0.5) is 4.39 Å². The maximum Gasteiger partial charge on any atom is 0.147 e. The summed E-state index contributed by atoms with van der Waals surface area (Å²) < 4.78 is 13.0. The van der Waals surface area contributed by atoms with Crippen LogP contribution in [0.1, 0.15) is 5.56 Å². The third-order valence-electron chi connectivity index (χ3n) is 2.49. The smallest absolute Gasteiger partial charge is 0.147 e. The van der Waals surface area contributed by atoms with Gasteiger partial charge in [0.1, 0.15) is 11.6 Å². The Morgan fingerprint density at radius 2 is 1.95 bits per heavy atom. The van der Waals surface area contributed by atoms with Gasteiger partial charge in [-0.2, -0.15) is 0 Å². The quantitative estimate of drug-likeness (QED) is 0.761. The molecular formula is C15H12ClFOS. The molecule has 98 valence electrons. The molecule has 19 heavy (non-hydrogen) atoms. The summed E-state index contributed by atoms with van der Waals surface area (Å²) in [5.41, 5.74) is 0.705. The van der Waals surface area contributed by atoms with Crippen LogP contribution in [0.5, 0.6) is 0 Å². The van der Waals surface area contributed by atoms with Gasteiger partial charge >= 0.3 is 0 Å². The first-order valence-electron chi connectivity index (χ1n) is 5.78. The number of ketones is 1. The first kappa shape index (κ1) is 14.1. The highest BCUT2D eigenvalue weighted by Gasteiger charge is 2.06. The van der Waals surface area contributed by atoms with Gasteiger partial charge in [-0.05, 0) is 35.9 Å². The predicted molar refractivity (Wildman–Crippen MR) is 77.3 cm³/mol. The van der Waals surface area contributed by atoms with Crippen molar-refractivity contribution in [3.05, 3.63) is 64.9 Å². The molecule has 0 fully saturated rings. The van der Waals surface area contributed by atoms with Gasteiger partial charge in [0, 0.05) is 16.3 Å². The van der Waals surface area contributed by atoms with Crippen LogP contribution in [-0.4, -0.2) is 11.5 Å². The lowest BCUT2D eigenvalue weighted by Gasteiger charge is -2.03. The molecule has 0 N–H and O–H groups in total. The van der Waals surface area contributed by atoms with Gasteiger partial charge in [-0.15, -0.1) is 11.8 Å². The minimum Gasteiger partial charge on any atom is -0.298 e. The molecule has 0 aliphatic carbocycles. The largest absolute Gasteiger partial charge is 0.298 e. The van der Waals surface area contributed by atoms with Gasteiger partial charge in [-0.1, -0.05) is 29.8 Å². The number of halogens is 2. The van der Waals surface area contributed by atoms with Gasteiger partial charge in [0.05, 0.1) is 5.75 Å². The third kappa shape index (κ3) is 4.69. The summed E-state index contributed by atoms with van der Waals surface area (Å²) in [5.74, 6) is 0.111. The normalized spacial score (nSPS) is 10.4. The number of hydrogen-bond acceptors (Lipinski definition) is 2. The Kier molecular flexibility index (Phi) is 5.00. The molecule has 0 aliphatic heterocycles. The molecule has 0 heterocycles. The molecule has 2 aromatic rings. The topological polar surface area (TPSA) is 17.1 Å². The Labute approximate surface area is 120 Å². The van der Waals surface area contributed by atoms with Crippen LogP contribution in [0.3, 0.4) is 0 Å². The molecule has 2 aromatic carbocycles. The van der Waals surface area contributed by atoms with E-state index in [9.17, 15) is 9.18 Å². The molecule has 0 aliphatic rings. The van der Waals surface area contributed by atoms with E-state index in [1.807, 2.05) is 18.2 Å². The highest BCUT2D eigenvalue weighted by molar-refractivity contribution is 8.00. The SMILES string of the molecule is O=C(CSc1cccc(Cl)c1)Cc1cccc(F)c1. The van der Waals surface area contributed by atoms with E-state index in [2.05, 4.69) is 0 Å². The van der Waals surface area contributed by atoms with Crippen LogP contribution in [0, 0.1) is 5.82 Å². The fraction of sp³-hybridized carbons (Fsp3) is 0.133. The molecule has 0 atom stereocenters. The molecule has 0 aromatic heterocycles. The summed E-state index contributed by atoms with van der Waals surface area (Å²) >= 11 is 7.31. The summed E-state index contributed by atoms with van der Waals surface area (Å²) in [4.78, 5) is 12.8. The van der Waals surface area contributed by atoms with Gasteiger partial charge in [0.25, 0.3) is 0 Å². The van der Waals surface area contributed by atoms with Gasteiger partial charge in [0.15, 0.2) is 0 Å². The zero-order valence-electron chi connectivity index (χ0n) is 10.1. The molecule has 0 radical (unpaired) electrons. The van der Waals surface area contributed by atoms with Crippen LogP contribution in [0.2, 0.25) is 5.02 Å². The molecule has 0 unspecified atom stereocenters. The maximum atomic E-state index is 13.0. The van der Waals surface area contributed by atoms with Crippen LogP contribution in [0.25, 0.3) is 0 Å². The van der Waals surface area contributed by atoms with Crippen molar-refractivity contribution < 1.29 is 9.18 Å². The summed E-state index contributed by atoms with van der Waals surface area (Å²) in [5, 5.41) is 0.655. The number of carbonyl (C=O) groups excluding carboxylic acids is 1. The van der Waals surface area contributed by atoms with E-state index in [0.717, 1.165) is 4.90 Å². The molecule has 4 heteroatoms. The number of rotatable bonds is 5. The molecule has 0 saturated heterocycles. The van der Waals surface area contributed by atoms with Crippen molar-refractivity contribution >= 4 is 29.1 Å². The molecule has 0 saturated carbocycles. The van der Waals surface area contributed by atoms with E-state index in [1.165, 1.54) is 23.9 Å². The van der Waals surface area contributed by atoms with Gasteiger partial charge in [0.2, 0.25) is 0 Å². The number of Topliss-reactive ketones (excluding diaryl/α,β-unsaturated/α-hetero) is 1. The predicted octanol–water partition coefficient (Wildman–Crippen LogP) is 4.38. The Bertz CT molecular complexity index is 586. The first-order chi connectivity index (χ1) is 9.13. The average molecular weight is 295 g/mol. The van der Waals surface area contributed by atoms with Crippen molar-refractivity contribution in [2.75, 3.05) is 5.75 Å². The molecule has 0 amide bonds. The highest BCUT2D eigenvalue weighted by Crippen LogP contribution is 2.21. The highest BCUT2D eigenvalue weighted by atomic mass is 35.5. The number of benzene rings is 2. The number of hydrogen-bond donors (Lipinski definition) is 0. The van der Waals surface area contributed by atoms with Crippen molar-refractivity contribution in [2.45, 2.75) is 11.3 Å². The van der Waals surface area contributed by atoms with E-state index >= 15 is 0 Å². The Hall–Kier alpha value is -1.32. The van der Waals surface area contributed by atoms with E-state index in [4.69, 9.17) is 11.6 Å². The zero-order valence-corrected chi connectivity index (χ0v) is 11.7. The molecule has 2 rings (SSSR count). The third-order valence-corrected chi connectivity index (χ3v) is 3.77. The number of carbonyl (C=O) groups is 1. The van der Waals surface area contributed by atoms with Crippen molar-refractivity contribution in [2.24, 2.45) is 0 Å². The van der Waals surface area contributed by atoms with Gasteiger partial charge < -0.3 is 0 Å². The van der Waals surface area contributed by atoms with E-state index in [1.54, 1.807) is 18.2 Å². The van der Waals surface area contributed by atoms with Crippen molar-refractivity contribution in [1.82, 2.24) is 0 Å². The van der Waals surface area contributed by atoms with Gasteiger partial charge in [-0.3, -0.25) is 4.79 Å². The second kappa shape index (κ2) is 6.73. The lowest BCUT2D eigenvalue weighted by atomic mass is 10.1. The average Bonchev–Trinajstić information content (AvgIpc) is 2.36. The van der Waals surface area contributed by atoms with Crippen molar-refractivity contribution in [1.29, 1.82) is 0 Å². The van der Waals surface area contributed by atoms with E-state index < -0.39 is 0 Å². The zero-order chi connectivity index (χ0) is 13.7. The van der Waals surface area contributed by atoms with Crippen molar-refractivity contribution in [3.63, 3.8) is 0 Å². The molecule has 0 spiro atoms. The van der Waals surface area contributed by atoms with E-state index in [0.29, 0.717) is 16.3 Å². The fourth-order valence-corrected chi connectivity index (χ4v) is 2.72. The molecule has 1 nitrogen and oxygen atoms in total. The summed E-state index contributed by atoms with van der Waals surface area (Å²) in [6.45, 7) is 0. The molecular weight excluding hydrogens is 283 g/mol. The van der Waals surface area contributed by atoms with Crippen LogP contribution < -0.4 is 0 Å². The fourth-order valence-electron chi connectivity index (χ4n) is 1.65. The Morgan fingerprint density at radius 1 is 1.16 bits per heavy atom. The Balaban J connectivity index is 1.88. The van der Waals surface area contributed by atoms with Crippen LogP contribution in [-0.2, 0) is 11.2 Å². The van der Waals surface area contributed by atoms with E-state index in [-0.39, 0.29) is 18.0 Å².